The summed E-state index contributed by atoms with van der Waals surface area (Å²) in [6.07, 6.45) is 5.64. The molecule has 0 aliphatic heterocycles. The number of hydrogen-bond acceptors (Lipinski definition) is 7. The van der Waals surface area contributed by atoms with Crippen LogP contribution in [0.4, 0.5) is 20.3 Å². The highest BCUT2D eigenvalue weighted by Crippen LogP contribution is 2.35. The van der Waals surface area contributed by atoms with Gasteiger partial charge < -0.3 is 19.7 Å². The van der Waals surface area contributed by atoms with E-state index in [9.17, 15) is 23.5 Å². The van der Waals surface area contributed by atoms with E-state index < -0.39 is 29.9 Å². The van der Waals surface area contributed by atoms with Crippen LogP contribution in [0.1, 0.15) is 67.2 Å². The molecule has 3 aromatic rings. The van der Waals surface area contributed by atoms with E-state index in [1.54, 1.807) is 12.3 Å². The summed E-state index contributed by atoms with van der Waals surface area (Å²) < 4.78 is 34.3. The molecule has 0 atom stereocenters. The molecule has 196 valence electrons. The summed E-state index contributed by atoms with van der Waals surface area (Å²) in [5, 5.41) is 15.7. The number of hydrogen-bond donors (Lipinski definition) is 2. The molecule has 0 unspecified atom stereocenters. The summed E-state index contributed by atoms with van der Waals surface area (Å²) in [6, 6.07) is 3.34. The molecule has 2 aliphatic carbocycles. The van der Waals surface area contributed by atoms with Crippen molar-refractivity contribution < 1.29 is 27.9 Å². The van der Waals surface area contributed by atoms with Crippen molar-refractivity contribution in [3.63, 3.8) is 0 Å². The first-order valence-electron chi connectivity index (χ1n) is 12.3. The molecular weight excluding hydrogens is 486 g/mol. The molecule has 0 radical (unpaired) electrons. The first kappa shape index (κ1) is 24.8. The second kappa shape index (κ2) is 10.3. The van der Waals surface area contributed by atoms with Gasteiger partial charge in [0.2, 0.25) is 5.89 Å². The van der Waals surface area contributed by atoms with Crippen LogP contribution in [0.2, 0.25) is 0 Å². The van der Waals surface area contributed by atoms with Crippen molar-refractivity contribution in [1.29, 1.82) is 0 Å². The number of oxazole rings is 1. The molecule has 2 fully saturated rings. The highest BCUT2D eigenvalue weighted by molar-refractivity contribution is 6.03. The van der Waals surface area contributed by atoms with Crippen LogP contribution in [0, 0.1) is 11.8 Å². The fourth-order valence-corrected chi connectivity index (χ4v) is 4.68. The van der Waals surface area contributed by atoms with Crippen LogP contribution < -0.4 is 10.2 Å². The Balaban J connectivity index is 1.28. The van der Waals surface area contributed by atoms with Gasteiger partial charge in [-0.05, 0) is 56.6 Å². The molecule has 0 aromatic carbocycles. The summed E-state index contributed by atoms with van der Waals surface area (Å²) in [6.45, 7) is 0.914. The molecule has 1 amide bonds. The number of halogens is 2. The molecule has 10 nitrogen and oxygen atoms in total. The minimum atomic E-state index is -2.90. The first-order chi connectivity index (χ1) is 17.8. The number of nitrogens with one attached hydrogen (secondary N) is 1. The quantitative estimate of drug-likeness (QED) is 0.418. The molecule has 37 heavy (non-hydrogen) atoms. The zero-order valence-electron chi connectivity index (χ0n) is 20.3. The lowest BCUT2D eigenvalue weighted by atomic mass is 9.86. The summed E-state index contributed by atoms with van der Waals surface area (Å²) in [5.74, 6) is -0.313. The van der Waals surface area contributed by atoms with Gasteiger partial charge in [0.25, 0.3) is 12.3 Å². The smallest absolute Gasteiger partial charge is 0.306 e. The largest absolute Gasteiger partial charge is 0.481 e. The molecule has 0 spiro atoms. The van der Waals surface area contributed by atoms with Crippen LogP contribution in [-0.4, -0.2) is 50.3 Å². The Hall–Kier alpha value is -3.83. The van der Waals surface area contributed by atoms with Gasteiger partial charge in [0.05, 0.1) is 17.6 Å². The number of carboxylic acids is 1. The minimum absolute atomic E-state index is 0.0605. The summed E-state index contributed by atoms with van der Waals surface area (Å²) >= 11 is 0. The number of amides is 1. The van der Waals surface area contributed by atoms with E-state index in [1.165, 1.54) is 30.0 Å². The zero-order valence-corrected chi connectivity index (χ0v) is 20.3. The Morgan fingerprint density at radius 3 is 2.68 bits per heavy atom. The number of nitrogens with zero attached hydrogens (tertiary/aromatic N) is 5. The Morgan fingerprint density at radius 2 is 2.00 bits per heavy atom. The summed E-state index contributed by atoms with van der Waals surface area (Å²) in [7, 11) is 1.97. The predicted molar refractivity (Wildman–Crippen MR) is 129 cm³/mol. The van der Waals surface area contributed by atoms with E-state index in [2.05, 4.69) is 25.3 Å². The van der Waals surface area contributed by atoms with Gasteiger partial charge in [-0.15, -0.1) is 0 Å². The molecule has 3 aromatic heterocycles. The third-order valence-corrected chi connectivity index (χ3v) is 6.98. The Kier molecular flexibility index (Phi) is 6.90. The standard InChI is InChI=1S/C25H28F2N6O4/c1-32(11-14-2-3-14)20-10-16(8-9-28-20)24-30-19(13-37-24)23(34)29-18-12-33(31-21(18)22(26)27)17-6-4-15(5-7-17)25(35)36/h8-10,12-15,17,22H,2-7,11H2,1H3,(H,29,34)(H,35,36)/t15-,17-. The Bertz CT molecular complexity index is 1280. The molecule has 2 saturated carbocycles. The Morgan fingerprint density at radius 1 is 1.24 bits per heavy atom. The number of pyridine rings is 1. The van der Waals surface area contributed by atoms with Crippen molar-refractivity contribution in [3.8, 4) is 11.5 Å². The van der Waals surface area contributed by atoms with Gasteiger partial charge >= 0.3 is 5.97 Å². The average Bonchev–Trinajstić information content (AvgIpc) is 3.39. The summed E-state index contributed by atoms with van der Waals surface area (Å²) in [5.41, 5.74) is -0.0768. The lowest BCUT2D eigenvalue weighted by molar-refractivity contribution is -0.143. The van der Waals surface area contributed by atoms with Crippen LogP contribution in [-0.2, 0) is 4.79 Å². The van der Waals surface area contributed by atoms with Crippen LogP contribution in [0.5, 0.6) is 0 Å². The van der Waals surface area contributed by atoms with Gasteiger partial charge in [-0.1, -0.05) is 0 Å². The number of rotatable bonds is 9. The van der Waals surface area contributed by atoms with Crippen LogP contribution in [0.25, 0.3) is 11.5 Å². The SMILES string of the molecule is CN(CC1CC1)c1cc(-c2nc(C(=O)Nc3cn([C@H]4CC[C@H](C(=O)O)CC4)nc3C(F)F)co2)ccn1. The maximum atomic E-state index is 13.7. The topological polar surface area (TPSA) is 126 Å². The number of aromatic nitrogens is 4. The van der Waals surface area contributed by atoms with Crippen LogP contribution in [0.3, 0.4) is 0 Å². The lowest BCUT2D eigenvalue weighted by Gasteiger charge is -2.26. The van der Waals surface area contributed by atoms with E-state index in [0.717, 1.165) is 12.4 Å². The molecular formula is C25H28F2N6O4. The lowest BCUT2D eigenvalue weighted by Crippen LogP contribution is -2.23. The van der Waals surface area contributed by atoms with Gasteiger partial charge in [-0.2, -0.15) is 5.10 Å². The van der Waals surface area contributed by atoms with E-state index in [4.69, 9.17) is 4.42 Å². The molecule has 2 aliphatic rings. The molecule has 2 N–H and O–H groups in total. The van der Waals surface area contributed by atoms with Gasteiger partial charge in [0, 0.05) is 31.5 Å². The zero-order chi connectivity index (χ0) is 26.1. The maximum absolute atomic E-state index is 13.7. The van der Waals surface area contributed by atoms with E-state index >= 15 is 0 Å². The highest BCUT2D eigenvalue weighted by Gasteiger charge is 2.30. The van der Waals surface area contributed by atoms with Crippen molar-refractivity contribution >= 4 is 23.4 Å². The maximum Gasteiger partial charge on any atom is 0.306 e. The van der Waals surface area contributed by atoms with Gasteiger partial charge in [-0.3, -0.25) is 14.3 Å². The van der Waals surface area contributed by atoms with E-state index in [1.807, 2.05) is 13.1 Å². The number of aliphatic carboxylic acids is 1. The van der Waals surface area contributed by atoms with Crippen molar-refractivity contribution in [1.82, 2.24) is 19.7 Å². The third kappa shape index (κ3) is 5.62. The molecule has 3 heterocycles. The van der Waals surface area contributed by atoms with Crippen molar-refractivity contribution in [2.75, 3.05) is 23.8 Å². The fourth-order valence-electron chi connectivity index (χ4n) is 4.68. The molecule has 5 rings (SSSR count). The number of anilines is 2. The normalized spacial score (nSPS) is 19.7. The molecule has 0 bridgehead atoms. The highest BCUT2D eigenvalue weighted by atomic mass is 19.3. The van der Waals surface area contributed by atoms with Crippen molar-refractivity contribution in [2.24, 2.45) is 11.8 Å². The molecule has 12 heteroatoms. The number of carbonyl (C=O) groups is 2. The first-order valence-corrected chi connectivity index (χ1v) is 12.3. The number of carboxylic acid groups (broad SMARTS) is 1. The average molecular weight is 515 g/mol. The van der Waals surface area contributed by atoms with Crippen LogP contribution >= 0.6 is 0 Å². The monoisotopic (exact) mass is 514 g/mol. The number of carbonyl (C=O) groups excluding carboxylic acids is 1. The van der Waals surface area contributed by atoms with E-state index in [-0.39, 0.29) is 23.3 Å². The summed E-state index contributed by atoms with van der Waals surface area (Å²) in [4.78, 5) is 34.7. The third-order valence-electron chi connectivity index (χ3n) is 6.98. The van der Waals surface area contributed by atoms with Gasteiger partial charge in [-0.25, -0.2) is 18.7 Å². The van der Waals surface area contributed by atoms with Gasteiger partial charge in [0.1, 0.15) is 12.1 Å². The fraction of sp³-hybridized carbons (Fsp3) is 0.480. The van der Waals surface area contributed by atoms with E-state index in [0.29, 0.717) is 37.2 Å². The van der Waals surface area contributed by atoms with Crippen molar-refractivity contribution in [2.45, 2.75) is 51.0 Å². The second-order valence-corrected chi connectivity index (χ2v) is 9.77. The minimum Gasteiger partial charge on any atom is -0.481 e. The van der Waals surface area contributed by atoms with Gasteiger partial charge in [0.15, 0.2) is 11.4 Å². The van der Waals surface area contributed by atoms with Crippen LogP contribution in [0.15, 0.2) is 35.2 Å². The Labute approximate surface area is 211 Å². The second-order valence-electron chi connectivity index (χ2n) is 9.77. The number of alkyl halides is 2. The molecule has 0 saturated heterocycles. The predicted octanol–water partition coefficient (Wildman–Crippen LogP) is 4.79. The van der Waals surface area contributed by atoms with Crippen molar-refractivity contribution in [3.05, 3.63) is 42.2 Å².